The van der Waals surface area contributed by atoms with E-state index < -0.39 is 10.1 Å². The first-order valence-corrected chi connectivity index (χ1v) is 6.34. The zero-order valence-corrected chi connectivity index (χ0v) is 8.72. The van der Waals surface area contributed by atoms with Crippen LogP contribution in [0.15, 0.2) is 12.7 Å². The minimum absolute atomic E-state index is 0.133. The molecular formula is C9H16O3S. The van der Waals surface area contributed by atoms with Crippen molar-refractivity contribution in [2.45, 2.75) is 31.8 Å². The van der Waals surface area contributed by atoms with Crippen LogP contribution < -0.4 is 0 Å². The lowest BCUT2D eigenvalue weighted by atomic mass is 9.87. The molecule has 4 heteroatoms. The summed E-state index contributed by atoms with van der Waals surface area (Å²) in [6.07, 6.45) is 6.62. The van der Waals surface area contributed by atoms with Crippen molar-refractivity contribution in [1.82, 2.24) is 0 Å². The fourth-order valence-corrected chi connectivity index (χ4v) is 2.40. The summed E-state index contributed by atoms with van der Waals surface area (Å²) in [5.41, 5.74) is 0. The summed E-state index contributed by atoms with van der Waals surface area (Å²) >= 11 is 0. The van der Waals surface area contributed by atoms with Crippen molar-refractivity contribution in [2.24, 2.45) is 5.92 Å². The molecule has 3 nitrogen and oxygen atoms in total. The summed E-state index contributed by atoms with van der Waals surface area (Å²) < 4.78 is 26.6. The molecular weight excluding hydrogens is 188 g/mol. The van der Waals surface area contributed by atoms with Crippen LogP contribution in [0.25, 0.3) is 0 Å². The smallest absolute Gasteiger partial charge is 0.264 e. The maximum atomic E-state index is 10.8. The molecule has 0 N–H and O–H groups in total. The summed E-state index contributed by atoms with van der Waals surface area (Å²) in [5, 5.41) is 0. The quantitative estimate of drug-likeness (QED) is 0.519. The molecule has 1 saturated carbocycles. The van der Waals surface area contributed by atoms with Crippen LogP contribution in [0.5, 0.6) is 0 Å². The Kier molecular flexibility index (Phi) is 3.50. The van der Waals surface area contributed by atoms with Gasteiger partial charge >= 0.3 is 0 Å². The van der Waals surface area contributed by atoms with E-state index >= 15 is 0 Å². The Balaban J connectivity index is 2.47. The number of hydrogen-bond acceptors (Lipinski definition) is 3. The van der Waals surface area contributed by atoms with Crippen molar-refractivity contribution in [1.29, 1.82) is 0 Å². The molecule has 76 valence electrons. The van der Waals surface area contributed by atoms with Gasteiger partial charge in [0, 0.05) is 0 Å². The van der Waals surface area contributed by atoms with E-state index in [1.165, 1.54) is 0 Å². The maximum absolute atomic E-state index is 10.8. The molecule has 1 rings (SSSR count). The fraction of sp³-hybridized carbons (Fsp3) is 0.778. The number of rotatable bonds is 3. The lowest BCUT2D eigenvalue weighted by molar-refractivity contribution is 0.145. The molecule has 1 aliphatic carbocycles. The summed E-state index contributed by atoms with van der Waals surface area (Å²) in [4.78, 5) is 0. The third-order valence-electron chi connectivity index (χ3n) is 2.31. The third-order valence-corrected chi connectivity index (χ3v) is 2.93. The molecule has 0 heterocycles. The molecule has 0 bridgehead atoms. The van der Waals surface area contributed by atoms with E-state index in [4.69, 9.17) is 4.18 Å². The van der Waals surface area contributed by atoms with Gasteiger partial charge in [-0.2, -0.15) is 8.42 Å². The minimum Gasteiger partial charge on any atom is -0.267 e. The largest absolute Gasteiger partial charge is 0.267 e. The molecule has 0 amide bonds. The molecule has 1 fully saturated rings. The second kappa shape index (κ2) is 4.24. The van der Waals surface area contributed by atoms with Gasteiger partial charge in [0.25, 0.3) is 10.1 Å². The first-order valence-electron chi connectivity index (χ1n) is 4.52. The molecule has 0 radical (unpaired) electrons. The molecule has 0 aliphatic heterocycles. The van der Waals surface area contributed by atoms with E-state index in [2.05, 4.69) is 6.58 Å². The van der Waals surface area contributed by atoms with E-state index in [0.29, 0.717) is 5.92 Å². The Hall–Kier alpha value is -0.350. The molecule has 0 aromatic heterocycles. The van der Waals surface area contributed by atoms with Crippen LogP contribution in [-0.2, 0) is 14.3 Å². The van der Waals surface area contributed by atoms with Crippen LogP contribution in [0, 0.1) is 5.92 Å². The highest BCUT2D eigenvalue weighted by Gasteiger charge is 2.23. The number of hydrogen-bond donors (Lipinski definition) is 0. The van der Waals surface area contributed by atoms with Crippen molar-refractivity contribution >= 4 is 10.1 Å². The summed E-state index contributed by atoms with van der Waals surface area (Å²) in [5.74, 6) is 0.417. The Labute approximate surface area is 79.9 Å². The van der Waals surface area contributed by atoms with Gasteiger partial charge in [-0.3, -0.25) is 4.18 Å². The summed E-state index contributed by atoms with van der Waals surface area (Å²) in [6.45, 7) is 3.71. The van der Waals surface area contributed by atoms with Crippen LogP contribution in [0.2, 0.25) is 0 Å². The highest BCUT2D eigenvalue weighted by atomic mass is 32.2. The van der Waals surface area contributed by atoms with Crippen molar-refractivity contribution in [3.8, 4) is 0 Å². The van der Waals surface area contributed by atoms with E-state index in [-0.39, 0.29) is 6.10 Å². The van der Waals surface area contributed by atoms with Gasteiger partial charge in [0.15, 0.2) is 0 Å². The Morgan fingerprint density at radius 3 is 2.69 bits per heavy atom. The average molecular weight is 204 g/mol. The predicted octanol–water partition coefficient (Wildman–Crippen LogP) is 1.71. The van der Waals surface area contributed by atoms with Crippen molar-refractivity contribution < 1.29 is 12.6 Å². The monoisotopic (exact) mass is 204 g/mol. The van der Waals surface area contributed by atoms with Gasteiger partial charge in [0.1, 0.15) is 0 Å². The fourth-order valence-electron chi connectivity index (χ4n) is 1.73. The molecule has 0 aromatic carbocycles. The summed E-state index contributed by atoms with van der Waals surface area (Å²) in [6, 6.07) is 0. The van der Waals surface area contributed by atoms with Crippen LogP contribution in [0.4, 0.5) is 0 Å². The van der Waals surface area contributed by atoms with Gasteiger partial charge < -0.3 is 0 Å². The topological polar surface area (TPSA) is 43.4 Å². The van der Waals surface area contributed by atoms with E-state index in [1.807, 2.05) is 6.08 Å². The Morgan fingerprint density at radius 1 is 1.46 bits per heavy atom. The third kappa shape index (κ3) is 3.91. The first kappa shape index (κ1) is 10.7. The van der Waals surface area contributed by atoms with Crippen LogP contribution >= 0.6 is 0 Å². The Morgan fingerprint density at radius 2 is 2.15 bits per heavy atom. The van der Waals surface area contributed by atoms with Gasteiger partial charge in [-0.1, -0.05) is 12.5 Å². The van der Waals surface area contributed by atoms with Gasteiger partial charge in [-0.05, 0) is 25.2 Å². The molecule has 0 spiro atoms. The highest BCUT2D eigenvalue weighted by Crippen LogP contribution is 2.27. The molecule has 2 atom stereocenters. The predicted molar refractivity (Wildman–Crippen MR) is 51.9 cm³/mol. The van der Waals surface area contributed by atoms with E-state index in [1.54, 1.807) is 0 Å². The van der Waals surface area contributed by atoms with Crippen LogP contribution in [0.1, 0.15) is 25.7 Å². The van der Waals surface area contributed by atoms with Gasteiger partial charge in [0.05, 0.1) is 12.4 Å². The molecule has 0 aromatic rings. The highest BCUT2D eigenvalue weighted by molar-refractivity contribution is 7.86. The second-order valence-electron chi connectivity index (χ2n) is 3.58. The lowest BCUT2D eigenvalue weighted by Gasteiger charge is -2.25. The van der Waals surface area contributed by atoms with Crippen LogP contribution in [0.3, 0.4) is 0 Å². The second-order valence-corrected chi connectivity index (χ2v) is 5.19. The standard InChI is InChI=1S/C9H16O3S/c1-3-8-5-4-6-9(7-8)12-13(2,10)11/h3,8-9H,1,4-7H2,2H3/t8-,9+/m1/s1. The SMILES string of the molecule is C=C[C@@H]1CCC[C@H](OS(C)(=O)=O)C1. The van der Waals surface area contributed by atoms with Gasteiger partial charge in [-0.15, -0.1) is 6.58 Å². The van der Waals surface area contributed by atoms with Crippen LogP contribution in [-0.4, -0.2) is 20.8 Å². The van der Waals surface area contributed by atoms with Crippen molar-refractivity contribution in [2.75, 3.05) is 6.26 Å². The van der Waals surface area contributed by atoms with Crippen molar-refractivity contribution in [3.05, 3.63) is 12.7 Å². The molecule has 1 aliphatic rings. The lowest BCUT2D eigenvalue weighted by Crippen LogP contribution is -2.24. The molecule has 0 unspecified atom stereocenters. The zero-order valence-electron chi connectivity index (χ0n) is 7.90. The van der Waals surface area contributed by atoms with E-state index in [9.17, 15) is 8.42 Å². The zero-order chi connectivity index (χ0) is 9.90. The minimum atomic E-state index is -3.29. The average Bonchev–Trinajstić information content (AvgIpc) is 2.01. The maximum Gasteiger partial charge on any atom is 0.264 e. The first-order chi connectivity index (χ1) is 6.01. The number of allylic oxidation sites excluding steroid dienone is 1. The molecule has 13 heavy (non-hydrogen) atoms. The van der Waals surface area contributed by atoms with E-state index in [0.717, 1.165) is 31.9 Å². The van der Waals surface area contributed by atoms with Crippen molar-refractivity contribution in [3.63, 3.8) is 0 Å². The van der Waals surface area contributed by atoms with Gasteiger partial charge in [-0.25, -0.2) is 0 Å². The summed E-state index contributed by atoms with van der Waals surface area (Å²) in [7, 11) is -3.29. The molecule has 0 saturated heterocycles. The van der Waals surface area contributed by atoms with Gasteiger partial charge in [0.2, 0.25) is 0 Å². The Bertz CT molecular complexity index is 269. The normalized spacial score (nSPS) is 29.9.